The minimum Gasteiger partial charge on any atom is -0.491 e. The molecule has 0 fully saturated rings. The van der Waals surface area contributed by atoms with Gasteiger partial charge in [-0.05, 0) is 44.0 Å². The molecule has 1 aromatic rings. The molecule has 8 heteroatoms. The second-order valence-electron chi connectivity index (χ2n) is 8.02. The molecule has 0 unspecified atom stereocenters. The monoisotopic (exact) mass is 431 g/mol. The summed E-state index contributed by atoms with van der Waals surface area (Å²) in [6.45, 7) is 6.24. The molecule has 2 N–H and O–H groups in total. The van der Waals surface area contributed by atoms with Gasteiger partial charge in [-0.15, -0.1) is 0 Å². The molecule has 2 atom stereocenters. The molecule has 0 saturated carbocycles. The van der Waals surface area contributed by atoms with E-state index in [0.717, 1.165) is 0 Å². The zero-order valence-electron chi connectivity index (χ0n) is 18.3. The van der Waals surface area contributed by atoms with Crippen molar-refractivity contribution in [1.82, 2.24) is 4.90 Å². The van der Waals surface area contributed by atoms with E-state index in [9.17, 15) is 20.6 Å². The molecule has 1 heterocycles. The molecule has 0 spiro atoms. The first-order chi connectivity index (χ1) is 15.3. The number of carbonyl (C=O) groups is 1. The van der Waals surface area contributed by atoms with Crippen LogP contribution in [0.1, 0.15) is 32.3 Å². The summed E-state index contributed by atoms with van der Waals surface area (Å²) in [5.41, 5.74) is 5.98. The van der Waals surface area contributed by atoms with E-state index >= 15 is 0 Å². The molecule has 1 aromatic carbocycles. The van der Waals surface area contributed by atoms with Crippen molar-refractivity contribution < 1.29 is 14.3 Å². The van der Waals surface area contributed by atoms with Gasteiger partial charge in [0.2, 0.25) is 0 Å². The quantitative estimate of drug-likeness (QED) is 0.772. The molecule has 0 radical (unpaired) electrons. The van der Waals surface area contributed by atoms with Gasteiger partial charge in [0.15, 0.2) is 5.41 Å². The van der Waals surface area contributed by atoms with Gasteiger partial charge >= 0.3 is 6.09 Å². The summed E-state index contributed by atoms with van der Waals surface area (Å²) in [6.07, 6.45) is 1.27. The predicted molar refractivity (Wildman–Crippen MR) is 116 cm³/mol. The molecule has 1 aliphatic heterocycles. The molecule has 0 saturated heterocycles. The fraction of sp³-hybridized carbons (Fsp3) is 0.417. The molecule has 2 aliphatic rings. The van der Waals surface area contributed by atoms with Gasteiger partial charge in [0.25, 0.3) is 0 Å². The van der Waals surface area contributed by atoms with E-state index in [2.05, 4.69) is 18.2 Å². The molecule has 32 heavy (non-hydrogen) atoms. The number of nitriles is 3. The normalized spacial score (nSPS) is 21.5. The lowest BCUT2D eigenvalue weighted by molar-refractivity contribution is 0.0999. The Morgan fingerprint density at radius 3 is 2.44 bits per heavy atom. The van der Waals surface area contributed by atoms with Gasteiger partial charge in [-0.25, -0.2) is 4.79 Å². The number of amides is 1. The van der Waals surface area contributed by atoms with Gasteiger partial charge in [0.1, 0.15) is 11.8 Å². The number of hydrogen-bond donors (Lipinski definition) is 1. The molecule has 3 rings (SSSR count). The Balaban J connectivity index is 2.17. The molecule has 0 aromatic heterocycles. The minimum atomic E-state index is -1.76. The number of benzene rings is 1. The SMILES string of the molecule is CCOC(=O)N1CC=C2C(C#N)=C(N)C(C#N)(C#N)[C@@H](c3ccc(OC(C)C)cc3)[C@H]2C1. The van der Waals surface area contributed by atoms with E-state index in [1.165, 1.54) is 4.90 Å². The molecule has 164 valence electrons. The average molecular weight is 431 g/mol. The second-order valence-corrected chi connectivity index (χ2v) is 8.02. The van der Waals surface area contributed by atoms with Crippen molar-refractivity contribution in [2.75, 3.05) is 19.7 Å². The van der Waals surface area contributed by atoms with Crippen molar-refractivity contribution in [1.29, 1.82) is 15.8 Å². The van der Waals surface area contributed by atoms with Crippen molar-refractivity contribution in [2.45, 2.75) is 32.8 Å². The third-order valence-corrected chi connectivity index (χ3v) is 5.80. The van der Waals surface area contributed by atoms with E-state index in [0.29, 0.717) is 16.9 Å². The fourth-order valence-electron chi connectivity index (χ4n) is 4.45. The number of hydrogen-bond acceptors (Lipinski definition) is 7. The van der Waals surface area contributed by atoms with Gasteiger partial charge in [0, 0.05) is 24.9 Å². The van der Waals surface area contributed by atoms with Crippen molar-refractivity contribution in [3.8, 4) is 24.0 Å². The first-order valence-electron chi connectivity index (χ1n) is 10.4. The summed E-state index contributed by atoms with van der Waals surface area (Å²) in [6, 6.07) is 13.4. The highest BCUT2D eigenvalue weighted by Crippen LogP contribution is 2.54. The first kappa shape index (κ1) is 22.7. The Morgan fingerprint density at radius 2 is 1.91 bits per heavy atom. The summed E-state index contributed by atoms with van der Waals surface area (Å²) in [7, 11) is 0. The van der Waals surface area contributed by atoms with Crippen molar-refractivity contribution in [3.63, 3.8) is 0 Å². The average Bonchev–Trinajstić information content (AvgIpc) is 2.78. The third kappa shape index (κ3) is 3.74. The number of rotatable bonds is 4. The summed E-state index contributed by atoms with van der Waals surface area (Å²) >= 11 is 0. The van der Waals surface area contributed by atoms with Crippen LogP contribution in [0.25, 0.3) is 0 Å². The number of carbonyl (C=O) groups excluding carboxylic acids is 1. The number of allylic oxidation sites excluding steroid dienone is 2. The highest BCUT2D eigenvalue weighted by Gasteiger charge is 2.54. The minimum absolute atomic E-state index is 0.00406. The maximum absolute atomic E-state index is 12.4. The molecule has 1 aliphatic carbocycles. The lowest BCUT2D eigenvalue weighted by atomic mass is 9.58. The Hall–Kier alpha value is -3.96. The zero-order valence-corrected chi connectivity index (χ0v) is 18.3. The standard InChI is InChI=1S/C24H25N5O3/c1-4-31-23(30)29-10-9-18-19(11-25)22(28)24(13-26,14-27)21(20(18)12-29)16-5-7-17(8-6-16)32-15(2)3/h5-9,15,20-21H,4,10,12,28H2,1-3H3/t20-,21-/m0/s1. The molecular weight excluding hydrogens is 406 g/mol. The Bertz CT molecular complexity index is 1070. The van der Waals surface area contributed by atoms with E-state index in [1.54, 1.807) is 37.3 Å². The molecule has 8 nitrogen and oxygen atoms in total. The number of nitrogens with zero attached hydrogens (tertiary/aromatic N) is 4. The van der Waals surface area contributed by atoms with Crippen LogP contribution in [0.2, 0.25) is 0 Å². The van der Waals surface area contributed by atoms with Crippen LogP contribution in [-0.2, 0) is 4.74 Å². The topological polar surface area (TPSA) is 136 Å². The van der Waals surface area contributed by atoms with Crippen LogP contribution in [0.15, 0.2) is 47.2 Å². The highest BCUT2D eigenvalue weighted by atomic mass is 16.6. The summed E-state index contributed by atoms with van der Waals surface area (Å²) in [4.78, 5) is 13.9. The van der Waals surface area contributed by atoms with Crippen LogP contribution in [0.5, 0.6) is 5.75 Å². The van der Waals surface area contributed by atoms with Gasteiger partial charge in [-0.1, -0.05) is 18.2 Å². The summed E-state index contributed by atoms with van der Waals surface area (Å²) in [5.74, 6) is -0.509. The van der Waals surface area contributed by atoms with Crippen molar-refractivity contribution in [2.24, 2.45) is 17.1 Å². The smallest absolute Gasteiger partial charge is 0.410 e. The summed E-state index contributed by atoms with van der Waals surface area (Å²) < 4.78 is 10.9. The van der Waals surface area contributed by atoms with Crippen LogP contribution in [0.4, 0.5) is 4.79 Å². The molecule has 1 amide bonds. The van der Waals surface area contributed by atoms with E-state index in [1.807, 2.05) is 13.8 Å². The highest BCUT2D eigenvalue weighted by molar-refractivity contribution is 5.69. The van der Waals surface area contributed by atoms with Gasteiger partial charge in [-0.3, -0.25) is 0 Å². The predicted octanol–water partition coefficient (Wildman–Crippen LogP) is 3.36. The van der Waals surface area contributed by atoms with Crippen LogP contribution in [-0.4, -0.2) is 36.8 Å². The maximum atomic E-state index is 12.4. The van der Waals surface area contributed by atoms with E-state index < -0.39 is 23.3 Å². The van der Waals surface area contributed by atoms with Crippen LogP contribution in [0.3, 0.4) is 0 Å². The lowest BCUT2D eigenvalue weighted by Gasteiger charge is -2.45. The van der Waals surface area contributed by atoms with Crippen LogP contribution >= 0.6 is 0 Å². The van der Waals surface area contributed by atoms with Gasteiger partial charge in [-0.2, -0.15) is 15.8 Å². The number of nitrogens with two attached hydrogens (primary N) is 1. The molecular formula is C24H25N5O3. The van der Waals surface area contributed by atoms with Gasteiger partial charge in [0.05, 0.1) is 36.1 Å². The maximum Gasteiger partial charge on any atom is 0.410 e. The van der Waals surface area contributed by atoms with E-state index in [-0.39, 0.29) is 37.1 Å². The zero-order chi connectivity index (χ0) is 23.5. The van der Waals surface area contributed by atoms with Crippen LogP contribution < -0.4 is 10.5 Å². The van der Waals surface area contributed by atoms with Crippen molar-refractivity contribution >= 4 is 6.09 Å². The first-order valence-corrected chi connectivity index (χ1v) is 10.4. The molecule has 0 bridgehead atoms. The third-order valence-electron chi connectivity index (χ3n) is 5.80. The van der Waals surface area contributed by atoms with Crippen molar-refractivity contribution in [3.05, 3.63) is 52.7 Å². The lowest BCUT2D eigenvalue weighted by Crippen LogP contribution is -2.49. The largest absolute Gasteiger partial charge is 0.491 e. The Kier molecular flexibility index (Phi) is 6.42. The fourth-order valence-corrected chi connectivity index (χ4v) is 4.45. The van der Waals surface area contributed by atoms with Crippen LogP contribution in [0, 0.1) is 45.3 Å². The number of fused-ring (bicyclic) bond motifs is 1. The Labute approximate surface area is 187 Å². The van der Waals surface area contributed by atoms with Gasteiger partial charge < -0.3 is 20.1 Å². The summed E-state index contributed by atoms with van der Waals surface area (Å²) in [5, 5.41) is 30.1. The number of ether oxygens (including phenoxy) is 2. The second kappa shape index (κ2) is 9.04. The van der Waals surface area contributed by atoms with E-state index in [4.69, 9.17) is 15.2 Å². The Morgan fingerprint density at radius 1 is 1.25 bits per heavy atom.